The second-order valence-electron chi connectivity index (χ2n) is 4.16. The average Bonchev–Trinajstić information content (AvgIpc) is 2.04. The van der Waals surface area contributed by atoms with Gasteiger partial charge in [0.2, 0.25) is 0 Å². The molecule has 0 aromatic carbocycles. The van der Waals surface area contributed by atoms with Gasteiger partial charge < -0.3 is 0 Å². The van der Waals surface area contributed by atoms with Crippen molar-refractivity contribution in [2.75, 3.05) is 23.8 Å². The van der Waals surface area contributed by atoms with Crippen molar-refractivity contribution in [3.8, 4) is 0 Å². The SMILES string of the molecule is CC(C)C(CCl)(CCl)CCS(C)(=O)=O. The zero-order valence-electron chi connectivity index (χ0n) is 8.89. The zero-order chi connectivity index (χ0) is 11.4. The molecule has 0 N–H and O–H groups in total. The first-order valence-electron chi connectivity index (χ1n) is 4.57. The first kappa shape index (κ1) is 14.5. The van der Waals surface area contributed by atoms with Crippen LogP contribution in [0.25, 0.3) is 0 Å². The summed E-state index contributed by atoms with van der Waals surface area (Å²) in [5.41, 5.74) is -0.258. The third-order valence-electron chi connectivity index (χ3n) is 2.73. The van der Waals surface area contributed by atoms with E-state index in [9.17, 15) is 8.42 Å². The maximum atomic E-state index is 11.0. The van der Waals surface area contributed by atoms with Gasteiger partial charge in [-0.1, -0.05) is 13.8 Å². The minimum Gasteiger partial charge on any atom is -0.229 e. The van der Waals surface area contributed by atoms with Gasteiger partial charge >= 0.3 is 0 Å². The Bertz CT molecular complexity index is 256. The molecule has 0 aliphatic carbocycles. The van der Waals surface area contributed by atoms with Crippen LogP contribution in [0.3, 0.4) is 0 Å². The summed E-state index contributed by atoms with van der Waals surface area (Å²) in [6.45, 7) is 4.04. The highest BCUT2D eigenvalue weighted by atomic mass is 35.5. The van der Waals surface area contributed by atoms with Gasteiger partial charge in [-0.05, 0) is 12.3 Å². The quantitative estimate of drug-likeness (QED) is 0.688. The van der Waals surface area contributed by atoms with E-state index in [1.165, 1.54) is 6.26 Å². The highest BCUT2D eigenvalue weighted by Gasteiger charge is 2.32. The van der Waals surface area contributed by atoms with Crippen molar-refractivity contribution in [1.82, 2.24) is 0 Å². The molecule has 0 aliphatic rings. The molecule has 0 spiro atoms. The Morgan fingerprint density at radius 1 is 1.21 bits per heavy atom. The molecule has 86 valence electrons. The Labute approximate surface area is 96.9 Å². The van der Waals surface area contributed by atoms with Crippen molar-refractivity contribution in [2.24, 2.45) is 11.3 Å². The van der Waals surface area contributed by atoms with Crippen molar-refractivity contribution in [3.63, 3.8) is 0 Å². The zero-order valence-corrected chi connectivity index (χ0v) is 11.2. The predicted molar refractivity (Wildman–Crippen MR) is 63.0 cm³/mol. The number of rotatable bonds is 6. The number of hydrogen-bond donors (Lipinski definition) is 0. The molecule has 2 nitrogen and oxygen atoms in total. The highest BCUT2D eigenvalue weighted by Crippen LogP contribution is 2.34. The summed E-state index contributed by atoms with van der Waals surface area (Å²) in [6.07, 6.45) is 1.77. The number of sulfone groups is 1. The summed E-state index contributed by atoms with van der Waals surface area (Å²) in [6, 6.07) is 0. The van der Waals surface area contributed by atoms with Crippen LogP contribution in [0.2, 0.25) is 0 Å². The molecule has 5 heteroatoms. The van der Waals surface area contributed by atoms with Crippen molar-refractivity contribution in [1.29, 1.82) is 0 Å². The van der Waals surface area contributed by atoms with Gasteiger partial charge in [0, 0.05) is 23.4 Å². The van der Waals surface area contributed by atoms with E-state index in [2.05, 4.69) is 0 Å². The standard InChI is InChI=1S/C9H18Cl2O2S/c1-8(2)9(6-10,7-11)4-5-14(3,12)13/h8H,4-7H2,1-3H3. The van der Waals surface area contributed by atoms with Crippen LogP contribution in [0.4, 0.5) is 0 Å². The van der Waals surface area contributed by atoms with Crippen LogP contribution in [0.1, 0.15) is 20.3 Å². The maximum absolute atomic E-state index is 11.0. The summed E-state index contributed by atoms with van der Waals surface area (Å²) < 4.78 is 22.1. The van der Waals surface area contributed by atoms with Gasteiger partial charge in [0.05, 0.1) is 5.75 Å². The van der Waals surface area contributed by atoms with E-state index >= 15 is 0 Å². The second kappa shape index (κ2) is 5.57. The maximum Gasteiger partial charge on any atom is 0.147 e. The number of hydrogen-bond acceptors (Lipinski definition) is 2. The Morgan fingerprint density at radius 2 is 1.64 bits per heavy atom. The Hall–Kier alpha value is 0.530. The van der Waals surface area contributed by atoms with E-state index < -0.39 is 9.84 Å². The summed E-state index contributed by atoms with van der Waals surface area (Å²) >= 11 is 11.7. The molecule has 0 aromatic heterocycles. The minimum absolute atomic E-state index is 0.157. The molecule has 0 saturated carbocycles. The molecule has 0 fully saturated rings. The summed E-state index contributed by atoms with van der Waals surface area (Å²) in [5.74, 6) is 1.26. The molecule has 0 bridgehead atoms. The van der Waals surface area contributed by atoms with E-state index in [1.54, 1.807) is 0 Å². The first-order chi connectivity index (χ1) is 6.27. The van der Waals surface area contributed by atoms with Crippen molar-refractivity contribution in [2.45, 2.75) is 20.3 Å². The molecular formula is C9H18Cl2O2S. The third-order valence-corrected chi connectivity index (χ3v) is 4.74. The third kappa shape index (κ3) is 4.37. The van der Waals surface area contributed by atoms with Crippen molar-refractivity contribution >= 4 is 33.0 Å². The Balaban J connectivity index is 4.53. The molecular weight excluding hydrogens is 243 g/mol. The Morgan fingerprint density at radius 3 is 1.86 bits per heavy atom. The van der Waals surface area contributed by atoms with Gasteiger partial charge in [0.25, 0.3) is 0 Å². The van der Waals surface area contributed by atoms with Crippen LogP contribution in [-0.4, -0.2) is 32.2 Å². The molecule has 0 unspecified atom stereocenters. The fraction of sp³-hybridized carbons (Fsp3) is 1.00. The van der Waals surface area contributed by atoms with Gasteiger partial charge in [-0.2, -0.15) is 0 Å². The fourth-order valence-corrected chi connectivity index (χ4v) is 3.10. The first-order valence-corrected chi connectivity index (χ1v) is 7.70. The van der Waals surface area contributed by atoms with E-state index in [-0.39, 0.29) is 11.2 Å². The molecule has 14 heavy (non-hydrogen) atoms. The van der Waals surface area contributed by atoms with Gasteiger partial charge in [-0.3, -0.25) is 0 Å². The number of alkyl halides is 2. The van der Waals surface area contributed by atoms with Gasteiger partial charge in [-0.15, -0.1) is 23.2 Å². The average molecular weight is 261 g/mol. The molecule has 0 saturated heterocycles. The number of halogens is 2. The van der Waals surface area contributed by atoms with Crippen LogP contribution < -0.4 is 0 Å². The predicted octanol–water partition coefficient (Wildman–Crippen LogP) is 2.54. The normalized spacial score (nSPS) is 13.6. The minimum atomic E-state index is -2.93. The summed E-state index contributed by atoms with van der Waals surface area (Å²) in [5, 5.41) is 0. The lowest BCUT2D eigenvalue weighted by Crippen LogP contribution is -2.33. The van der Waals surface area contributed by atoms with Crippen molar-refractivity contribution in [3.05, 3.63) is 0 Å². The smallest absolute Gasteiger partial charge is 0.147 e. The molecule has 0 aliphatic heterocycles. The second-order valence-corrected chi connectivity index (χ2v) is 6.96. The largest absolute Gasteiger partial charge is 0.229 e. The van der Waals surface area contributed by atoms with Gasteiger partial charge in [0.1, 0.15) is 9.84 Å². The lowest BCUT2D eigenvalue weighted by atomic mass is 9.78. The highest BCUT2D eigenvalue weighted by molar-refractivity contribution is 7.90. The van der Waals surface area contributed by atoms with Crippen molar-refractivity contribution < 1.29 is 8.42 Å². The van der Waals surface area contributed by atoms with Crippen LogP contribution in [0.5, 0.6) is 0 Å². The van der Waals surface area contributed by atoms with E-state index in [1.807, 2.05) is 13.8 Å². The van der Waals surface area contributed by atoms with Gasteiger partial charge in [0.15, 0.2) is 0 Å². The summed E-state index contributed by atoms with van der Waals surface area (Å²) in [7, 11) is -2.93. The molecule has 0 radical (unpaired) electrons. The molecule has 0 atom stereocenters. The lowest BCUT2D eigenvalue weighted by molar-refractivity contribution is 0.251. The molecule has 0 rings (SSSR count). The molecule has 0 amide bonds. The molecule has 0 aromatic rings. The van der Waals surface area contributed by atoms with E-state index in [0.717, 1.165) is 0 Å². The fourth-order valence-electron chi connectivity index (χ4n) is 1.16. The molecule has 0 heterocycles. The van der Waals surface area contributed by atoms with Crippen LogP contribution in [0, 0.1) is 11.3 Å². The van der Waals surface area contributed by atoms with Crippen LogP contribution in [0.15, 0.2) is 0 Å². The van der Waals surface area contributed by atoms with Crippen LogP contribution >= 0.6 is 23.2 Å². The van der Waals surface area contributed by atoms with E-state index in [4.69, 9.17) is 23.2 Å². The van der Waals surface area contributed by atoms with Gasteiger partial charge in [-0.25, -0.2) is 8.42 Å². The topological polar surface area (TPSA) is 34.1 Å². The van der Waals surface area contributed by atoms with Crippen LogP contribution in [-0.2, 0) is 9.84 Å². The lowest BCUT2D eigenvalue weighted by Gasteiger charge is -2.33. The summed E-state index contributed by atoms with van der Waals surface area (Å²) in [4.78, 5) is 0. The Kier molecular flexibility index (Phi) is 5.78. The monoisotopic (exact) mass is 260 g/mol. The van der Waals surface area contributed by atoms with E-state index in [0.29, 0.717) is 24.1 Å².